The van der Waals surface area contributed by atoms with Crippen molar-refractivity contribution in [1.29, 1.82) is 0 Å². The van der Waals surface area contributed by atoms with Gasteiger partial charge in [-0.15, -0.1) is 0 Å². The van der Waals surface area contributed by atoms with E-state index in [0.717, 1.165) is 0 Å². The molecule has 2 unspecified atom stereocenters. The minimum atomic E-state index is -1.03. The zero-order chi connectivity index (χ0) is 15.1. The van der Waals surface area contributed by atoms with Gasteiger partial charge in [-0.2, -0.15) is 0 Å². The molecular formula is C13H26N2O4. The van der Waals surface area contributed by atoms with Crippen LogP contribution in [-0.2, 0) is 9.53 Å². The summed E-state index contributed by atoms with van der Waals surface area (Å²) >= 11 is 0. The highest BCUT2D eigenvalue weighted by atomic mass is 16.5. The molecule has 0 fully saturated rings. The maximum atomic E-state index is 11.7. The van der Waals surface area contributed by atoms with Crippen LogP contribution in [0.2, 0.25) is 0 Å². The number of methoxy groups -OCH3 is 1. The van der Waals surface area contributed by atoms with Crippen molar-refractivity contribution in [3.05, 3.63) is 0 Å². The van der Waals surface area contributed by atoms with Crippen LogP contribution in [-0.4, -0.2) is 42.9 Å². The summed E-state index contributed by atoms with van der Waals surface area (Å²) in [6.45, 7) is 8.38. The van der Waals surface area contributed by atoms with Crippen molar-refractivity contribution in [1.82, 2.24) is 10.6 Å². The van der Waals surface area contributed by atoms with Crippen molar-refractivity contribution < 1.29 is 19.4 Å². The van der Waals surface area contributed by atoms with Crippen molar-refractivity contribution in [3.63, 3.8) is 0 Å². The molecule has 112 valence electrons. The van der Waals surface area contributed by atoms with Gasteiger partial charge in [0.1, 0.15) is 6.04 Å². The summed E-state index contributed by atoms with van der Waals surface area (Å²) in [5.41, 5.74) is -0.0773. The molecule has 0 aliphatic carbocycles. The molecule has 0 aromatic carbocycles. The molecule has 0 radical (unpaired) electrons. The van der Waals surface area contributed by atoms with Gasteiger partial charge in [0.15, 0.2) is 0 Å². The van der Waals surface area contributed by atoms with Crippen molar-refractivity contribution >= 4 is 12.0 Å². The molecule has 0 saturated carbocycles. The van der Waals surface area contributed by atoms with Crippen LogP contribution in [0.25, 0.3) is 0 Å². The van der Waals surface area contributed by atoms with Crippen LogP contribution in [0.1, 0.15) is 40.5 Å². The summed E-state index contributed by atoms with van der Waals surface area (Å²) in [5.74, 6) is -1.03. The number of aliphatic carboxylic acids is 1. The number of urea groups is 1. The topological polar surface area (TPSA) is 87.7 Å². The Kier molecular flexibility index (Phi) is 7.44. The van der Waals surface area contributed by atoms with E-state index in [1.165, 1.54) is 0 Å². The second-order valence-electron chi connectivity index (χ2n) is 5.73. The van der Waals surface area contributed by atoms with Gasteiger partial charge in [-0.3, -0.25) is 0 Å². The van der Waals surface area contributed by atoms with Crippen LogP contribution in [0, 0.1) is 5.41 Å². The third kappa shape index (κ3) is 7.66. The first-order chi connectivity index (χ1) is 8.68. The summed E-state index contributed by atoms with van der Waals surface area (Å²) in [4.78, 5) is 22.8. The number of carbonyl (C=O) groups excluding carboxylic acids is 1. The maximum Gasteiger partial charge on any atom is 0.326 e. The molecule has 6 nitrogen and oxygen atoms in total. The molecule has 2 atom stereocenters. The number of carbonyl (C=O) groups is 2. The van der Waals surface area contributed by atoms with Gasteiger partial charge in [0.25, 0.3) is 0 Å². The Labute approximate surface area is 114 Å². The highest BCUT2D eigenvalue weighted by molar-refractivity contribution is 5.82. The fourth-order valence-electron chi connectivity index (χ4n) is 1.30. The fraction of sp³-hybridized carbons (Fsp3) is 0.846. The Morgan fingerprint density at radius 2 is 1.84 bits per heavy atom. The molecular weight excluding hydrogens is 248 g/mol. The molecule has 3 N–H and O–H groups in total. The Balaban J connectivity index is 4.28. The number of carboxylic acid groups (broad SMARTS) is 1. The average Bonchev–Trinajstić information content (AvgIpc) is 2.26. The van der Waals surface area contributed by atoms with Crippen molar-refractivity contribution in [2.75, 3.05) is 13.7 Å². The van der Waals surface area contributed by atoms with Crippen molar-refractivity contribution in [3.8, 4) is 0 Å². The number of rotatable bonds is 7. The van der Waals surface area contributed by atoms with E-state index in [9.17, 15) is 9.59 Å². The monoisotopic (exact) mass is 274 g/mol. The van der Waals surface area contributed by atoms with E-state index >= 15 is 0 Å². The van der Waals surface area contributed by atoms with Crippen LogP contribution in [0.3, 0.4) is 0 Å². The standard InChI is InChI=1S/C13H26N2O4/c1-9(13(2,3)4)14-12(18)15-10(11(16)17)7-6-8-19-5/h9-10H,6-8H2,1-5H3,(H,16,17)(H2,14,15,18). The van der Waals surface area contributed by atoms with Gasteiger partial charge >= 0.3 is 12.0 Å². The summed E-state index contributed by atoms with van der Waals surface area (Å²) in [6, 6.07) is -1.39. The van der Waals surface area contributed by atoms with E-state index in [-0.39, 0.29) is 11.5 Å². The molecule has 19 heavy (non-hydrogen) atoms. The van der Waals surface area contributed by atoms with Gasteiger partial charge in [-0.1, -0.05) is 20.8 Å². The fourth-order valence-corrected chi connectivity index (χ4v) is 1.30. The first-order valence-electron chi connectivity index (χ1n) is 6.47. The molecule has 0 bridgehead atoms. The number of amides is 2. The number of hydrogen-bond acceptors (Lipinski definition) is 3. The first kappa shape index (κ1) is 17.7. The summed E-state index contributed by atoms with van der Waals surface area (Å²) in [7, 11) is 1.56. The molecule has 0 aromatic rings. The first-order valence-corrected chi connectivity index (χ1v) is 6.47. The Morgan fingerprint density at radius 3 is 2.26 bits per heavy atom. The average molecular weight is 274 g/mol. The Hall–Kier alpha value is -1.30. The highest BCUT2D eigenvalue weighted by Gasteiger charge is 2.24. The zero-order valence-corrected chi connectivity index (χ0v) is 12.4. The molecule has 2 amide bonds. The van der Waals surface area contributed by atoms with Gasteiger partial charge in [-0.05, 0) is 25.2 Å². The third-order valence-electron chi connectivity index (χ3n) is 3.09. The quantitative estimate of drug-likeness (QED) is 0.615. The minimum absolute atomic E-state index is 0.0547. The number of hydrogen-bond donors (Lipinski definition) is 3. The molecule has 0 rings (SSSR count). The smallest absolute Gasteiger partial charge is 0.326 e. The predicted molar refractivity (Wildman–Crippen MR) is 73.1 cm³/mol. The Morgan fingerprint density at radius 1 is 1.26 bits per heavy atom. The lowest BCUT2D eigenvalue weighted by Gasteiger charge is -2.28. The Bertz CT molecular complexity index is 300. The molecule has 0 spiro atoms. The summed E-state index contributed by atoms with van der Waals surface area (Å²) < 4.78 is 4.86. The lowest BCUT2D eigenvalue weighted by molar-refractivity contribution is -0.139. The lowest BCUT2D eigenvalue weighted by atomic mass is 9.88. The van der Waals surface area contributed by atoms with Crippen LogP contribution in [0.5, 0.6) is 0 Å². The lowest BCUT2D eigenvalue weighted by Crippen LogP contribution is -2.51. The predicted octanol–water partition coefficient (Wildman–Crippen LogP) is 1.60. The minimum Gasteiger partial charge on any atom is -0.480 e. The van der Waals surface area contributed by atoms with Gasteiger partial charge in [0.05, 0.1) is 0 Å². The number of nitrogens with one attached hydrogen (secondary N) is 2. The van der Waals surface area contributed by atoms with Gasteiger partial charge in [0, 0.05) is 19.8 Å². The van der Waals surface area contributed by atoms with Gasteiger partial charge in [-0.25, -0.2) is 9.59 Å². The molecule has 0 aliphatic heterocycles. The van der Waals surface area contributed by atoms with Crippen molar-refractivity contribution in [2.24, 2.45) is 5.41 Å². The second kappa shape index (κ2) is 7.99. The molecule has 0 heterocycles. The van der Waals surface area contributed by atoms with Gasteiger partial charge in [0.2, 0.25) is 0 Å². The third-order valence-corrected chi connectivity index (χ3v) is 3.09. The van der Waals surface area contributed by atoms with Crippen LogP contribution in [0.15, 0.2) is 0 Å². The van der Waals surface area contributed by atoms with E-state index < -0.39 is 18.0 Å². The van der Waals surface area contributed by atoms with E-state index in [1.807, 2.05) is 27.7 Å². The number of ether oxygens (including phenoxy) is 1. The van der Waals surface area contributed by atoms with E-state index in [2.05, 4.69) is 10.6 Å². The van der Waals surface area contributed by atoms with E-state index in [1.54, 1.807) is 7.11 Å². The van der Waals surface area contributed by atoms with Crippen LogP contribution in [0.4, 0.5) is 4.79 Å². The van der Waals surface area contributed by atoms with Crippen LogP contribution >= 0.6 is 0 Å². The van der Waals surface area contributed by atoms with E-state index in [4.69, 9.17) is 9.84 Å². The van der Waals surface area contributed by atoms with Crippen molar-refractivity contribution in [2.45, 2.75) is 52.6 Å². The molecule has 6 heteroatoms. The maximum absolute atomic E-state index is 11.7. The number of carboxylic acids is 1. The SMILES string of the molecule is COCCCC(NC(=O)NC(C)C(C)(C)C)C(=O)O. The largest absolute Gasteiger partial charge is 0.480 e. The normalized spacial score (nSPS) is 14.6. The highest BCUT2D eigenvalue weighted by Crippen LogP contribution is 2.18. The second-order valence-corrected chi connectivity index (χ2v) is 5.73. The molecule has 0 aromatic heterocycles. The molecule has 0 saturated heterocycles. The van der Waals surface area contributed by atoms with Crippen LogP contribution < -0.4 is 10.6 Å². The summed E-state index contributed by atoms with van der Waals surface area (Å²) in [5, 5.41) is 14.3. The summed E-state index contributed by atoms with van der Waals surface area (Å²) in [6.07, 6.45) is 0.934. The molecule has 0 aliphatic rings. The van der Waals surface area contributed by atoms with E-state index in [0.29, 0.717) is 19.4 Å². The van der Waals surface area contributed by atoms with Gasteiger partial charge < -0.3 is 20.5 Å². The zero-order valence-electron chi connectivity index (χ0n) is 12.4.